The molecule has 3 N–H and O–H groups in total. The quantitative estimate of drug-likeness (QED) is 0.701. The predicted octanol–water partition coefficient (Wildman–Crippen LogP) is 1.77. The third-order valence-corrected chi connectivity index (χ3v) is 2.94. The lowest BCUT2D eigenvalue weighted by molar-refractivity contribution is -0.137. The molecule has 0 spiro atoms. The number of hydrogen-bond donors (Lipinski definition) is 3. The van der Waals surface area contributed by atoms with Gasteiger partial charge in [-0.05, 0) is 24.6 Å². The Morgan fingerprint density at radius 1 is 1.40 bits per heavy atom. The molecule has 106 valence electrons. The van der Waals surface area contributed by atoms with Crippen LogP contribution in [-0.4, -0.2) is 35.6 Å². The van der Waals surface area contributed by atoms with Crippen LogP contribution >= 0.6 is 0 Å². The van der Waals surface area contributed by atoms with E-state index < -0.39 is 5.97 Å². The summed E-state index contributed by atoms with van der Waals surface area (Å²) in [6.45, 7) is 0.331. The largest absolute Gasteiger partial charge is 0.496 e. The number of hydrogen-bond acceptors (Lipinski definition) is 3. The zero-order valence-electron chi connectivity index (χ0n) is 11.1. The number of amides is 1. The monoisotopic (exact) mass is 276 g/mol. The van der Waals surface area contributed by atoms with Crippen LogP contribution in [0.25, 0.3) is 10.9 Å². The maximum absolute atomic E-state index is 11.9. The summed E-state index contributed by atoms with van der Waals surface area (Å²) in [5, 5.41) is 12.0. The molecule has 6 nitrogen and oxygen atoms in total. The summed E-state index contributed by atoms with van der Waals surface area (Å²) in [6, 6.07) is 7.25. The smallest absolute Gasteiger partial charge is 0.303 e. The van der Waals surface area contributed by atoms with Crippen molar-refractivity contribution in [3.05, 3.63) is 30.0 Å². The van der Waals surface area contributed by atoms with Gasteiger partial charge in [0, 0.05) is 23.9 Å². The molecule has 0 saturated heterocycles. The number of ether oxygens (including phenoxy) is 1. The molecule has 1 heterocycles. The van der Waals surface area contributed by atoms with Crippen molar-refractivity contribution in [2.45, 2.75) is 12.8 Å². The van der Waals surface area contributed by atoms with Crippen molar-refractivity contribution >= 4 is 22.8 Å². The first-order valence-electron chi connectivity index (χ1n) is 6.27. The van der Waals surface area contributed by atoms with E-state index in [4.69, 9.17) is 9.84 Å². The van der Waals surface area contributed by atoms with Crippen LogP contribution in [0.2, 0.25) is 0 Å². The highest BCUT2D eigenvalue weighted by molar-refractivity contribution is 5.99. The second-order valence-corrected chi connectivity index (χ2v) is 4.36. The van der Waals surface area contributed by atoms with E-state index in [1.165, 1.54) is 0 Å². The van der Waals surface area contributed by atoms with Crippen molar-refractivity contribution in [1.82, 2.24) is 10.3 Å². The zero-order valence-corrected chi connectivity index (χ0v) is 11.1. The second-order valence-electron chi connectivity index (χ2n) is 4.36. The van der Waals surface area contributed by atoms with Crippen LogP contribution < -0.4 is 10.1 Å². The molecule has 0 fully saturated rings. The summed E-state index contributed by atoms with van der Waals surface area (Å²) in [4.78, 5) is 25.3. The Morgan fingerprint density at radius 3 is 2.90 bits per heavy atom. The molecule has 2 rings (SSSR count). The normalized spacial score (nSPS) is 10.4. The van der Waals surface area contributed by atoms with E-state index in [1.54, 1.807) is 13.2 Å². The molecule has 0 bridgehead atoms. The van der Waals surface area contributed by atoms with Gasteiger partial charge in [0.05, 0.1) is 7.11 Å². The zero-order chi connectivity index (χ0) is 14.5. The van der Waals surface area contributed by atoms with Gasteiger partial charge >= 0.3 is 5.97 Å². The lowest BCUT2D eigenvalue weighted by Gasteiger charge is -2.01. The van der Waals surface area contributed by atoms with Crippen LogP contribution in [0.5, 0.6) is 5.75 Å². The number of aromatic nitrogens is 1. The first-order valence-corrected chi connectivity index (χ1v) is 6.27. The van der Waals surface area contributed by atoms with Gasteiger partial charge in [0.2, 0.25) is 0 Å². The molecule has 0 aliphatic carbocycles. The van der Waals surface area contributed by atoms with Gasteiger partial charge in [-0.2, -0.15) is 0 Å². The van der Waals surface area contributed by atoms with Crippen molar-refractivity contribution in [2.24, 2.45) is 0 Å². The van der Waals surface area contributed by atoms with E-state index in [9.17, 15) is 9.59 Å². The van der Waals surface area contributed by atoms with E-state index in [1.807, 2.05) is 18.2 Å². The minimum absolute atomic E-state index is 0.0425. The number of aromatic amines is 1. The van der Waals surface area contributed by atoms with Crippen LogP contribution in [0.1, 0.15) is 23.3 Å². The van der Waals surface area contributed by atoms with Crippen molar-refractivity contribution in [3.63, 3.8) is 0 Å². The number of carboxylic acid groups (broad SMARTS) is 1. The predicted molar refractivity (Wildman–Crippen MR) is 74.1 cm³/mol. The number of carboxylic acids is 1. The molecule has 2 aromatic rings. The summed E-state index contributed by atoms with van der Waals surface area (Å²) in [5.74, 6) is -0.424. The second kappa shape index (κ2) is 6.10. The Hall–Kier alpha value is -2.50. The molecule has 6 heteroatoms. The molecule has 1 aromatic carbocycles. The minimum Gasteiger partial charge on any atom is -0.496 e. The Balaban J connectivity index is 2.05. The summed E-state index contributed by atoms with van der Waals surface area (Å²) in [7, 11) is 1.58. The third-order valence-electron chi connectivity index (χ3n) is 2.94. The molecule has 0 aliphatic heterocycles. The molecule has 0 radical (unpaired) electrons. The Labute approximate surface area is 115 Å². The molecule has 0 saturated carbocycles. The van der Waals surface area contributed by atoms with Gasteiger partial charge in [-0.15, -0.1) is 0 Å². The molecule has 1 amide bonds. The highest BCUT2D eigenvalue weighted by atomic mass is 16.5. The first-order chi connectivity index (χ1) is 9.61. The van der Waals surface area contributed by atoms with Gasteiger partial charge in [0.15, 0.2) is 0 Å². The van der Waals surface area contributed by atoms with E-state index in [0.29, 0.717) is 24.4 Å². The van der Waals surface area contributed by atoms with Crippen LogP contribution in [0.4, 0.5) is 0 Å². The van der Waals surface area contributed by atoms with Crippen molar-refractivity contribution < 1.29 is 19.4 Å². The fourth-order valence-electron chi connectivity index (χ4n) is 1.96. The number of rotatable bonds is 6. The Morgan fingerprint density at radius 2 is 2.20 bits per heavy atom. The summed E-state index contributed by atoms with van der Waals surface area (Å²) in [6.07, 6.45) is 0.450. The SMILES string of the molecule is COc1cccc2[nH]c(C(=O)NCCCC(=O)O)cc12. The van der Waals surface area contributed by atoms with Gasteiger partial charge in [0.25, 0.3) is 5.91 Å². The van der Waals surface area contributed by atoms with E-state index in [0.717, 1.165) is 10.9 Å². The number of methoxy groups -OCH3 is 1. The number of fused-ring (bicyclic) bond motifs is 1. The number of benzene rings is 1. The van der Waals surface area contributed by atoms with Gasteiger partial charge in [-0.1, -0.05) is 6.07 Å². The summed E-state index contributed by atoms with van der Waals surface area (Å²) in [5.41, 5.74) is 1.25. The number of H-pyrrole nitrogens is 1. The average molecular weight is 276 g/mol. The molecule has 0 atom stereocenters. The molecule has 1 aromatic heterocycles. The van der Waals surface area contributed by atoms with Crippen LogP contribution in [-0.2, 0) is 4.79 Å². The summed E-state index contributed by atoms with van der Waals surface area (Å²) >= 11 is 0. The fourth-order valence-corrected chi connectivity index (χ4v) is 1.96. The number of aliphatic carboxylic acids is 1. The van der Waals surface area contributed by atoms with E-state index >= 15 is 0 Å². The van der Waals surface area contributed by atoms with Crippen LogP contribution in [0.15, 0.2) is 24.3 Å². The fraction of sp³-hybridized carbons (Fsp3) is 0.286. The Kier molecular flexibility index (Phi) is 4.24. The maximum atomic E-state index is 11.9. The van der Waals surface area contributed by atoms with E-state index in [2.05, 4.69) is 10.3 Å². The minimum atomic E-state index is -0.866. The van der Waals surface area contributed by atoms with Gasteiger partial charge in [-0.25, -0.2) is 0 Å². The number of carbonyl (C=O) groups is 2. The highest BCUT2D eigenvalue weighted by Crippen LogP contribution is 2.25. The molecule has 0 unspecified atom stereocenters. The van der Waals surface area contributed by atoms with Gasteiger partial charge < -0.3 is 20.1 Å². The molecule has 20 heavy (non-hydrogen) atoms. The van der Waals surface area contributed by atoms with Crippen LogP contribution in [0, 0.1) is 0 Å². The molecular weight excluding hydrogens is 260 g/mol. The molecular formula is C14H16N2O4. The number of nitrogens with one attached hydrogen (secondary N) is 2. The molecule has 0 aliphatic rings. The highest BCUT2D eigenvalue weighted by Gasteiger charge is 2.11. The van der Waals surface area contributed by atoms with Crippen LogP contribution in [0.3, 0.4) is 0 Å². The summed E-state index contributed by atoms with van der Waals surface area (Å²) < 4.78 is 5.23. The standard InChI is InChI=1S/C14H16N2O4/c1-20-12-5-2-4-10-9(12)8-11(16-10)14(19)15-7-3-6-13(17)18/h2,4-5,8,16H,3,6-7H2,1H3,(H,15,19)(H,17,18). The number of carbonyl (C=O) groups excluding carboxylic acids is 1. The van der Waals surface area contributed by atoms with Gasteiger partial charge in [-0.3, -0.25) is 9.59 Å². The maximum Gasteiger partial charge on any atom is 0.303 e. The third kappa shape index (κ3) is 3.09. The van der Waals surface area contributed by atoms with Gasteiger partial charge in [0.1, 0.15) is 11.4 Å². The average Bonchev–Trinajstić information content (AvgIpc) is 2.87. The first kappa shape index (κ1) is 13.9. The van der Waals surface area contributed by atoms with Crippen molar-refractivity contribution in [2.75, 3.05) is 13.7 Å². The Bertz CT molecular complexity index is 633. The lowest BCUT2D eigenvalue weighted by Crippen LogP contribution is -2.25. The lowest BCUT2D eigenvalue weighted by atomic mass is 10.2. The van der Waals surface area contributed by atoms with Crippen molar-refractivity contribution in [1.29, 1.82) is 0 Å². The van der Waals surface area contributed by atoms with E-state index in [-0.39, 0.29) is 12.3 Å². The topological polar surface area (TPSA) is 91.4 Å². The van der Waals surface area contributed by atoms with Crippen molar-refractivity contribution in [3.8, 4) is 5.75 Å².